The average Bonchev–Trinajstić information content (AvgIpc) is 2.52. The molecular formula is C10H14O2. The van der Waals surface area contributed by atoms with Gasteiger partial charge in [0.05, 0.1) is 12.7 Å². The summed E-state index contributed by atoms with van der Waals surface area (Å²) in [5.41, 5.74) is 1.35. The van der Waals surface area contributed by atoms with E-state index in [9.17, 15) is 4.79 Å². The van der Waals surface area contributed by atoms with Crippen molar-refractivity contribution in [3.8, 4) is 0 Å². The Bertz CT molecular complexity index is 230. The lowest BCUT2D eigenvalue weighted by molar-refractivity contribution is -0.118. The van der Waals surface area contributed by atoms with Gasteiger partial charge in [-0.25, -0.2) is 0 Å². The third kappa shape index (κ3) is 1.20. The zero-order valence-electron chi connectivity index (χ0n) is 7.38. The molecule has 2 rings (SSSR count). The second-order valence-electron chi connectivity index (χ2n) is 3.59. The number of ether oxygens (including phenoxy) is 1. The molecule has 1 saturated carbocycles. The second-order valence-corrected chi connectivity index (χ2v) is 3.59. The van der Waals surface area contributed by atoms with Gasteiger partial charge in [-0.15, -0.1) is 0 Å². The van der Waals surface area contributed by atoms with Crippen molar-refractivity contribution in [2.45, 2.75) is 32.3 Å². The summed E-state index contributed by atoms with van der Waals surface area (Å²) in [7, 11) is 0. The number of allylic oxidation sites excluding steroid dienone is 1. The van der Waals surface area contributed by atoms with Gasteiger partial charge in [0.25, 0.3) is 0 Å². The molecule has 12 heavy (non-hydrogen) atoms. The van der Waals surface area contributed by atoms with Crippen LogP contribution in [0.5, 0.6) is 0 Å². The first kappa shape index (κ1) is 7.99. The summed E-state index contributed by atoms with van der Waals surface area (Å²) in [6.45, 7) is 2.88. The van der Waals surface area contributed by atoms with Gasteiger partial charge in [0.2, 0.25) is 0 Å². The predicted molar refractivity (Wildman–Crippen MR) is 45.8 cm³/mol. The Balaban J connectivity index is 2.13. The molecule has 2 aliphatic rings. The summed E-state index contributed by atoms with van der Waals surface area (Å²) in [5.74, 6) is 0.796. The summed E-state index contributed by atoms with van der Waals surface area (Å²) < 4.78 is 5.52. The van der Waals surface area contributed by atoms with Crippen LogP contribution in [0.25, 0.3) is 0 Å². The number of carbonyl (C=O) groups is 1. The average molecular weight is 166 g/mol. The molecule has 1 aliphatic carbocycles. The predicted octanol–water partition coefficient (Wildman–Crippen LogP) is 1.70. The fourth-order valence-corrected chi connectivity index (χ4v) is 2.15. The van der Waals surface area contributed by atoms with Crippen LogP contribution in [0.3, 0.4) is 0 Å². The molecule has 0 aromatic heterocycles. The van der Waals surface area contributed by atoms with Crippen LogP contribution in [0.2, 0.25) is 0 Å². The maximum Gasteiger partial charge on any atom is 0.136 e. The first-order valence-electron chi connectivity index (χ1n) is 4.63. The molecule has 0 aromatic rings. The monoisotopic (exact) mass is 166 g/mol. The van der Waals surface area contributed by atoms with Gasteiger partial charge in [0, 0.05) is 18.8 Å². The number of rotatable bonds is 1. The van der Waals surface area contributed by atoms with Gasteiger partial charge < -0.3 is 4.74 Å². The highest BCUT2D eigenvalue weighted by Crippen LogP contribution is 2.37. The Morgan fingerprint density at radius 3 is 3.17 bits per heavy atom. The Hall–Kier alpha value is -0.630. The minimum atomic E-state index is 0.218. The Kier molecular flexibility index (Phi) is 2.01. The first-order valence-corrected chi connectivity index (χ1v) is 4.63. The lowest BCUT2D eigenvalue weighted by Crippen LogP contribution is -2.07. The molecule has 0 radical (unpaired) electrons. The van der Waals surface area contributed by atoms with E-state index in [1.165, 1.54) is 5.57 Å². The normalized spacial score (nSPS) is 37.8. The topological polar surface area (TPSA) is 26.3 Å². The minimum absolute atomic E-state index is 0.218. The third-order valence-corrected chi connectivity index (χ3v) is 2.73. The largest absolute Gasteiger partial charge is 0.373 e. The molecular weight excluding hydrogens is 152 g/mol. The van der Waals surface area contributed by atoms with Crippen LogP contribution in [-0.4, -0.2) is 18.5 Å². The smallest absolute Gasteiger partial charge is 0.136 e. The number of hydrogen-bond donors (Lipinski definition) is 0. The molecule has 0 unspecified atom stereocenters. The highest BCUT2D eigenvalue weighted by molar-refractivity contribution is 5.82. The van der Waals surface area contributed by atoms with E-state index in [0.29, 0.717) is 18.1 Å². The first-order chi connectivity index (χ1) is 5.81. The quantitative estimate of drug-likeness (QED) is 0.554. The molecule has 2 atom stereocenters. The Morgan fingerprint density at radius 1 is 1.58 bits per heavy atom. The molecule has 2 heteroatoms. The van der Waals surface area contributed by atoms with E-state index in [-0.39, 0.29) is 6.10 Å². The number of Topliss-reactive ketones (excluding diaryl/α,β-unsaturated/α-hetero) is 1. The molecule has 2 fully saturated rings. The van der Waals surface area contributed by atoms with E-state index in [2.05, 4.69) is 13.0 Å². The van der Waals surface area contributed by atoms with E-state index in [1.54, 1.807) is 0 Å². The van der Waals surface area contributed by atoms with Crippen molar-refractivity contribution in [3.05, 3.63) is 11.6 Å². The fourth-order valence-electron chi connectivity index (χ4n) is 2.15. The van der Waals surface area contributed by atoms with Gasteiger partial charge >= 0.3 is 0 Å². The number of fused-ring (bicyclic) bond motifs is 1. The summed E-state index contributed by atoms with van der Waals surface area (Å²) in [6.07, 6.45) is 4.84. The van der Waals surface area contributed by atoms with Crippen LogP contribution in [0.15, 0.2) is 11.6 Å². The molecule has 2 nitrogen and oxygen atoms in total. The van der Waals surface area contributed by atoms with E-state index in [0.717, 1.165) is 19.4 Å². The van der Waals surface area contributed by atoms with Crippen LogP contribution < -0.4 is 0 Å². The molecule has 1 saturated heterocycles. The van der Waals surface area contributed by atoms with Gasteiger partial charge in [-0.3, -0.25) is 4.79 Å². The maximum atomic E-state index is 11.1. The van der Waals surface area contributed by atoms with Crippen molar-refractivity contribution >= 4 is 5.78 Å². The SMILES string of the molecule is CC/C=C1/CO[C@H]2CC(=O)C[C@@H]12. The lowest BCUT2D eigenvalue weighted by Gasteiger charge is -2.05. The number of ketones is 1. The van der Waals surface area contributed by atoms with Crippen molar-refractivity contribution in [2.75, 3.05) is 6.61 Å². The van der Waals surface area contributed by atoms with Gasteiger partial charge in [-0.1, -0.05) is 13.0 Å². The Labute approximate surface area is 72.6 Å². The second kappa shape index (κ2) is 3.02. The van der Waals surface area contributed by atoms with E-state index in [1.807, 2.05) is 0 Å². The van der Waals surface area contributed by atoms with Crippen LogP contribution in [0.4, 0.5) is 0 Å². The molecule has 1 heterocycles. The number of hydrogen-bond acceptors (Lipinski definition) is 2. The standard InChI is InChI=1S/C10H14O2/c1-2-3-7-6-12-10-5-8(11)4-9(7)10/h3,9-10H,2,4-6H2,1H3/b7-3-/t9-,10-/m0/s1. The van der Waals surface area contributed by atoms with Gasteiger partial charge in [-0.2, -0.15) is 0 Å². The van der Waals surface area contributed by atoms with Crippen molar-refractivity contribution in [1.82, 2.24) is 0 Å². The van der Waals surface area contributed by atoms with Gasteiger partial charge in [-0.05, 0) is 12.0 Å². The highest BCUT2D eigenvalue weighted by Gasteiger charge is 2.40. The van der Waals surface area contributed by atoms with Crippen molar-refractivity contribution in [1.29, 1.82) is 0 Å². The van der Waals surface area contributed by atoms with E-state index >= 15 is 0 Å². The summed E-state index contributed by atoms with van der Waals surface area (Å²) >= 11 is 0. The molecule has 0 N–H and O–H groups in total. The van der Waals surface area contributed by atoms with Gasteiger partial charge in [0.15, 0.2) is 0 Å². The summed E-state index contributed by atoms with van der Waals surface area (Å²) in [4.78, 5) is 11.1. The molecule has 0 amide bonds. The lowest BCUT2D eigenvalue weighted by atomic mass is 9.98. The molecule has 0 aromatic carbocycles. The zero-order chi connectivity index (χ0) is 8.55. The van der Waals surface area contributed by atoms with Crippen LogP contribution in [-0.2, 0) is 9.53 Å². The third-order valence-electron chi connectivity index (χ3n) is 2.73. The minimum Gasteiger partial charge on any atom is -0.373 e. The molecule has 1 aliphatic heterocycles. The van der Waals surface area contributed by atoms with Crippen LogP contribution in [0.1, 0.15) is 26.2 Å². The fraction of sp³-hybridized carbons (Fsp3) is 0.700. The van der Waals surface area contributed by atoms with E-state index in [4.69, 9.17) is 4.74 Å². The van der Waals surface area contributed by atoms with Crippen LogP contribution >= 0.6 is 0 Å². The van der Waals surface area contributed by atoms with Crippen molar-refractivity contribution in [3.63, 3.8) is 0 Å². The highest BCUT2D eigenvalue weighted by atomic mass is 16.5. The van der Waals surface area contributed by atoms with Crippen molar-refractivity contribution in [2.24, 2.45) is 5.92 Å². The molecule has 0 spiro atoms. The van der Waals surface area contributed by atoms with Crippen LogP contribution in [0, 0.1) is 5.92 Å². The summed E-state index contributed by atoms with van der Waals surface area (Å²) in [5, 5.41) is 0. The van der Waals surface area contributed by atoms with Gasteiger partial charge in [0.1, 0.15) is 5.78 Å². The zero-order valence-corrected chi connectivity index (χ0v) is 7.38. The Morgan fingerprint density at radius 2 is 2.42 bits per heavy atom. The molecule has 0 bridgehead atoms. The maximum absolute atomic E-state index is 11.1. The summed E-state index contributed by atoms with van der Waals surface area (Å²) in [6, 6.07) is 0. The van der Waals surface area contributed by atoms with E-state index < -0.39 is 0 Å². The van der Waals surface area contributed by atoms with Crippen molar-refractivity contribution < 1.29 is 9.53 Å². The number of carbonyl (C=O) groups excluding carboxylic acids is 1. The molecule has 66 valence electrons.